The number of ether oxygens (including phenoxy) is 1. The summed E-state index contributed by atoms with van der Waals surface area (Å²) in [5.41, 5.74) is 0. The summed E-state index contributed by atoms with van der Waals surface area (Å²) >= 11 is 0. The van der Waals surface area contributed by atoms with Crippen LogP contribution in [0.5, 0.6) is 5.88 Å². The summed E-state index contributed by atoms with van der Waals surface area (Å²) < 4.78 is 5.39. The van der Waals surface area contributed by atoms with Gasteiger partial charge in [-0.15, -0.1) is 0 Å². The number of aliphatic carboxylic acids is 1. The Morgan fingerprint density at radius 3 is 3.00 bits per heavy atom. The normalized spacial score (nSPS) is 15.8. The van der Waals surface area contributed by atoms with Gasteiger partial charge in [0, 0.05) is 6.07 Å². The predicted molar refractivity (Wildman–Crippen MR) is 70.2 cm³/mol. The van der Waals surface area contributed by atoms with Crippen LogP contribution in [0.25, 0.3) is 0 Å². The number of aromatic nitrogens is 2. The third-order valence-corrected chi connectivity index (χ3v) is 2.98. The smallest absolute Gasteiger partial charge is 0.326 e. The van der Waals surface area contributed by atoms with Gasteiger partial charge >= 0.3 is 5.97 Å². The van der Waals surface area contributed by atoms with Crippen LogP contribution in [0.2, 0.25) is 0 Å². The van der Waals surface area contributed by atoms with Crippen molar-refractivity contribution < 1.29 is 14.6 Å². The lowest BCUT2D eigenvalue weighted by atomic mass is 10.1. The lowest BCUT2D eigenvalue weighted by molar-refractivity contribution is -0.138. The predicted octanol–water partition coefficient (Wildman–Crippen LogP) is 1.93. The van der Waals surface area contributed by atoms with E-state index in [4.69, 9.17) is 4.74 Å². The fraction of sp³-hybridized carbons (Fsp3) is 0.615. The first kappa shape index (κ1) is 13.6. The van der Waals surface area contributed by atoms with Crippen LogP contribution in [0.15, 0.2) is 12.4 Å². The second-order valence-corrected chi connectivity index (χ2v) is 4.80. The molecule has 1 aliphatic rings. The minimum Gasteiger partial charge on any atom is -0.480 e. The summed E-state index contributed by atoms with van der Waals surface area (Å²) in [5.74, 6) is 0.650. The summed E-state index contributed by atoms with van der Waals surface area (Å²) in [4.78, 5) is 19.2. The number of carboxylic acid groups (broad SMARTS) is 1. The van der Waals surface area contributed by atoms with Crippen LogP contribution in [0.3, 0.4) is 0 Å². The molecule has 2 rings (SSSR count). The highest BCUT2D eigenvalue weighted by Crippen LogP contribution is 2.34. The van der Waals surface area contributed by atoms with E-state index in [0.29, 0.717) is 30.6 Å². The first-order valence-electron chi connectivity index (χ1n) is 6.63. The lowest BCUT2D eigenvalue weighted by Crippen LogP contribution is -2.30. The molecular weight excluding hydrogens is 246 g/mol. The lowest BCUT2D eigenvalue weighted by Gasteiger charge is -2.14. The monoisotopic (exact) mass is 265 g/mol. The molecule has 19 heavy (non-hydrogen) atoms. The van der Waals surface area contributed by atoms with E-state index in [9.17, 15) is 9.90 Å². The zero-order chi connectivity index (χ0) is 13.7. The average molecular weight is 265 g/mol. The van der Waals surface area contributed by atoms with Gasteiger partial charge in [-0.2, -0.15) is 0 Å². The molecule has 0 amide bonds. The van der Waals surface area contributed by atoms with E-state index in [1.165, 1.54) is 6.33 Å². The molecule has 0 spiro atoms. The Morgan fingerprint density at radius 1 is 1.58 bits per heavy atom. The second-order valence-electron chi connectivity index (χ2n) is 4.80. The van der Waals surface area contributed by atoms with Crippen molar-refractivity contribution >= 4 is 11.8 Å². The molecule has 6 heteroatoms. The Labute approximate surface area is 112 Å². The van der Waals surface area contributed by atoms with Crippen molar-refractivity contribution in [2.24, 2.45) is 5.92 Å². The Morgan fingerprint density at radius 2 is 2.37 bits per heavy atom. The highest BCUT2D eigenvalue weighted by atomic mass is 16.5. The average Bonchev–Trinajstić information content (AvgIpc) is 3.20. The number of nitrogens with zero attached hydrogens (tertiary/aromatic N) is 2. The Kier molecular flexibility index (Phi) is 4.54. The Hall–Kier alpha value is -1.85. The SMILES string of the molecule is CCCOc1cc(NC(CC2CC2)C(=O)O)ncn1. The molecule has 1 unspecified atom stereocenters. The Balaban J connectivity index is 1.96. The van der Waals surface area contributed by atoms with E-state index in [1.54, 1.807) is 6.07 Å². The van der Waals surface area contributed by atoms with E-state index in [-0.39, 0.29) is 0 Å². The standard InChI is InChI=1S/C13H19N3O3/c1-2-5-19-12-7-11(14-8-15-12)16-10(13(17)18)6-9-3-4-9/h7-10H,2-6H2,1H3,(H,17,18)(H,14,15,16). The number of nitrogens with one attached hydrogen (secondary N) is 1. The first-order valence-corrected chi connectivity index (χ1v) is 6.63. The van der Waals surface area contributed by atoms with Gasteiger partial charge in [0.15, 0.2) is 0 Å². The molecule has 0 aromatic carbocycles. The molecule has 0 saturated heterocycles. The molecule has 1 aromatic heterocycles. The number of carbonyl (C=O) groups is 1. The zero-order valence-electron chi connectivity index (χ0n) is 11.0. The third-order valence-electron chi connectivity index (χ3n) is 2.98. The topological polar surface area (TPSA) is 84.3 Å². The summed E-state index contributed by atoms with van der Waals surface area (Å²) in [6.45, 7) is 2.59. The molecule has 104 valence electrons. The molecule has 0 radical (unpaired) electrons. The largest absolute Gasteiger partial charge is 0.480 e. The van der Waals surface area contributed by atoms with Gasteiger partial charge in [0.2, 0.25) is 5.88 Å². The number of hydrogen-bond acceptors (Lipinski definition) is 5. The van der Waals surface area contributed by atoms with E-state index in [2.05, 4.69) is 15.3 Å². The number of hydrogen-bond donors (Lipinski definition) is 2. The van der Waals surface area contributed by atoms with E-state index in [1.807, 2.05) is 6.92 Å². The van der Waals surface area contributed by atoms with Gasteiger partial charge in [-0.3, -0.25) is 0 Å². The quantitative estimate of drug-likeness (QED) is 0.747. The van der Waals surface area contributed by atoms with E-state index < -0.39 is 12.0 Å². The molecule has 6 nitrogen and oxygen atoms in total. The molecule has 1 aromatic rings. The van der Waals surface area contributed by atoms with Crippen molar-refractivity contribution in [3.05, 3.63) is 12.4 Å². The molecule has 1 saturated carbocycles. The van der Waals surface area contributed by atoms with Gasteiger partial charge in [-0.1, -0.05) is 19.8 Å². The van der Waals surface area contributed by atoms with Gasteiger partial charge in [-0.05, 0) is 18.8 Å². The molecule has 2 N–H and O–H groups in total. The maximum absolute atomic E-state index is 11.2. The van der Waals surface area contributed by atoms with Crippen molar-refractivity contribution in [3.8, 4) is 5.88 Å². The van der Waals surface area contributed by atoms with Gasteiger partial charge in [0.1, 0.15) is 18.2 Å². The van der Waals surface area contributed by atoms with Gasteiger partial charge in [0.25, 0.3) is 0 Å². The molecule has 1 atom stereocenters. The Bertz CT molecular complexity index is 435. The van der Waals surface area contributed by atoms with Crippen molar-refractivity contribution in [3.63, 3.8) is 0 Å². The summed E-state index contributed by atoms with van der Waals surface area (Å²) in [6, 6.07) is 1.04. The maximum Gasteiger partial charge on any atom is 0.326 e. The van der Waals surface area contributed by atoms with Crippen LogP contribution in [0.4, 0.5) is 5.82 Å². The van der Waals surface area contributed by atoms with Crippen LogP contribution in [-0.4, -0.2) is 33.7 Å². The fourth-order valence-electron chi connectivity index (χ4n) is 1.79. The van der Waals surface area contributed by atoms with Crippen LogP contribution in [0, 0.1) is 5.92 Å². The highest BCUT2D eigenvalue weighted by molar-refractivity contribution is 5.76. The first-order chi connectivity index (χ1) is 9.19. The minimum atomic E-state index is -0.846. The highest BCUT2D eigenvalue weighted by Gasteiger charge is 2.29. The van der Waals surface area contributed by atoms with Gasteiger partial charge in [-0.25, -0.2) is 14.8 Å². The van der Waals surface area contributed by atoms with Crippen molar-refractivity contribution in [1.82, 2.24) is 9.97 Å². The van der Waals surface area contributed by atoms with Crippen molar-refractivity contribution in [2.75, 3.05) is 11.9 Å². The van der Waals surface area contributed by atoms with Crippen LogP contribution in [-0.2, 0) is 4.79 Å². The van der Waals surface area contributed by atoms with Crippen molar-refractivity contribution in [2.45, 2.75) is 38.6 Å². The third kappa shape index (κ3) is 4.39. The summed E-state index contributed by atoms with van der Waals surface area (Å²) in [6.07, 6.45) is 5.17. The minimum absolute atomic E-state index is 0.468. The van der Waals surface area contributed by atoms with Gasteiger partial charge in [0.05, 0.1) is 6.61 Å². The van der Waals surface area contributed by atoms with Crippen LogP contribution in [0.1, 0.15) is 32.6 Å². The maximum atomic E-state index is 11.2. The second kappa shape index (κ2) is 6.36. The molecule has 0 bridgehead atoms. The summed E-state index contributed by atoms with van der Waals surface area (Å²) in [5, 5.41) is 12.1. The van der Waals surface area contributed by atoms with E-state index in [0.717, 1.165) is 19.3 Å². The van der Waals surface area contributed by atoms with Crippen LogP contribution >= 0.6 is 0 Å². The van der Waals surface area contributed by atoms with Crippen LogP contribution < -0.4 is 10.1 Å². The molecule has 0 aliphatic heterocycles. The van der Waals surface area contributed by atoms with Gasteiger partial charge < -0.3 is 15.2 Å². The summed E-state index contributed by atoms with van der Waals surface area (Å²) in [7, 11) is 0. The number of anilines is 1. The zero-order valence-corrected chi connectivity index (χ0v) is 11.0. The fourth-order valence-corrected chi connectivity index (χ4v) is 1.79. The number of rotatable bonds is 8. The molecule has 1 fully saturated rings. The molecular formula is C13H19N3O3. The molecule has 1 heterocycles. The van der Waals surface area contributed by atoms with E-state index >= 15 is 0 Å². The van der Waals surface area contributed by atoms with Crippen molar-refractivity contribution in [1.29, 1.82) is 0 Å². The number of carboxylic acids is 1. The molecule has 1 aliphatic carbocycles.